The highest BCUT2D eigenvalue weighted by atomic mass is 15.3. The third kappa shape index (κ3) is 5.05. The van der Waals surface area contributed by atoms with E-state index in [1.165, 1.54) is 16.7 Å². The highest BCUT2D eigenvalue weighted by molar-refractivity contribution is 6.14. The molecule has 0 radical (unpaired) electrons. The summed E-state index contributed by atoms with van der Waals surface area (Å²) in [6.45, 7) is 10.7. The third-order valence-electron chi connectivity index (χ3n) is 7.58. The van der Waals surface area contributed by atoms with Gasteiger partial charge in [-0.05, 0) is 66.8 Å². The van der Waals surface area contributed by atoms with E-state index in [1.54, 1.807) is 6.20 Å². The van der Waals surface area contributed by atoms with E-state index >= 15 is 0 Å². The Hall–Kier alpha value is -4.97. The number of aliphatic imine (C=N–C) groups is 3. The lowest BCUT2D eigenvalue weighted by Gasteiger charge is -2.41. The van der Waals surface area contributed by atoms with E-state index in [-0.39, 0.29) is 5.41 Å². The van der Waals surface area contributed by atoms with Crippen molar-refractivity contribution in [1.29, 1.82) is 0 Å². The van der Waals surface area contributed by atoms with Crippen LogP contribution in [0.4, 0.5) is 11.5 Å². The quantitative estimate of drug-likeness (QED) is 0.195. The van der Waals surface area contributed by atoms with Crippen molar-refractivity contribution < 1.29 is 0 Å². The van der Waals surface area contributed by atoms with Gasteiger partial charge in [0.25, 0.3) is 0 Å². The molecule has 0 atom stereocenters. The van der Waals surface area contributed by atoms with Gasteiger partial charge in [0.2, 0.25) is 0 Å². The lowest BCUT2D eigenvalue weighted by molar-refractivity contribution is 0.629. The van der Waals surface area contributed by atoms with Crippen LogP contribution in [0.1, 0.15) is 50.4 Å². The fourth-order valence-corrected chi connectivity index (χ4v) is 5.41. The summed E-state index contributed by atoms with van der Waals surface area (Å²) in [7, 11) is 0. The number of allylic oxidation sites excluding steroid dienone is 1. The zero-order valence-corrected chi connectivity index (χ0v) is 23.6. The van der Waals surface area contributed by atoms with E-state index in [1.807, 2.05) is 49.7 Å². The van der Waals surface area contributed by atoms with Crippen LogP contribution in [0.25, 0.3) is 16.8 Å². The van der Waals surface area contributed by atoms with E-state index in [4.69, 9.17) is 15.0 Å². The Kier molecular flexibility index (Phi) is 6.98. The second-order valence-electron chi connectivity index (χ2n) is 10.7. The molecule has 0 amide bonds. The first kappa shape index (κ1) is 26.3. The Morgan fingerprint density at radius 1 is 0.829 bits per heavy atom. The largest absolute Gasteiger partial charge is 0.282 e. The Balaban J connectivity index is 1.50. The maximum Gasteiger partial charge on any atom is 0.180 e. The molecule has 0 fully saturated rings. The van der Waals surface area contributed by atoms with Crippen LogP contribution < -0.4 is 4.90 Å². The Morgan fingerprint density at radius 2 is 1.63 bits per heavy atom. The molecule has 0 spiro atoms. The minimum atomic E-state index is -0.263. The minimum absolute atomic E-state index is 0.263. The smallest absolute Gasteiger partial charge is 0.180 e. The Labute approximate surface area is 241 Å². The molecular weight excluding hydrogens is 504 g/mol. The predicted octanol–water partition coefficient (Wildman–Crippen LogP) is 8.16. The average Bonchev–Trinajstić information content (AvgIpc) is 3.02. The SMILES string of the molecule is C=C(N=C(N=C(C)N1c2ccc(-c3ccccc3)cc2C(C)(C)c2cccnc21)C1=CCCC=N1)c1ccccn1. The summed E-state index contributed by atoms with van der Waals surface area (Å²) in [5.74, 6) is 2.10. The van der Waals surface area contributed by atoms with Crippen LogP contribution in [0, 0.1) is 0 Å². The molecule has 0 unspecified atom stereocenters. The summed E-state index contributed by atoms with van der Waals surface area (Å²) >= 11 is 0. The van der Waals surface area contributed by atoms with E-state index in [9.17, 15) is 0 Å². The number of pyridine rings is 2. The van der Waals surface area contributed by atoms with Gasteiger partial charge in [0, 0.05) is 29.6 Å². The predicted molar refractivity (Wildman–Crippen MR) is 170 cm³/mol. The number of hydrogen-bond donors (Lipinski definition) is 0. The zero-order valence-electron chi connectivity index (χ0n) is 23.6. The molecular formula is C35H32N6. The van der Waals surface area contributed by atoms with Crippen LogP contribution in [-0.2, 0) is 5.41 Å². The van der Waals surface area contributed by atoms with Crippen molar-refractivity contribution in [2.24, 2.45) is 15.0 Å². The molecule has 0 bridgehead atoms. The first-order chi connectivity index (χ1) is 19.9. The van der Waals surface area contributed by atoms with Gasteiger partial charge in [0.05, 0.1) is 17.1 Å². The number of rotatable bonds is 4. The highest BCUT2D eigenvalue weighted by Crippen LogP contribution is 2.49. The fraction of sp³-hybridized carbons (Fsp3) is 0.171. The van der Waals surface area contributed by atoms with Crippen LogP contribution in [0.2, 0.25) is 0 Å². The van der Waals surface area contributed by atoms with Crippen molar-refractivity contribution in [3.05, 3.63) is 126 Å². The van der Waals surface area contributed by atoms with Gasteiger partial charge >= 0.3 is 0 Å². The first-order valence-corrected chi connectivity index (χ1v) is 13.9. The molecule has 202 valence electrons. The summed E-state index contributed by atoms with van der Waals surface area (Å²) in [5, 5.41) is 0. The zero-order chi connectivity index (χ0) is 28.4. The van der Waals surface area contributed by atoms with Gasteiger partial charge in [-0.15, -0.1) is 0 Å². The second-order valence-corrected chi connectivity index (χ2v) is 10.7. The van der Waals surface area contributed by atoms with Crippen LogP contribution in [0.15, 0.2) is 125 Å². The second kappa shape index (κ2) is 10.9. The fourth-order valence-electron chi connectivity index (χ4n) is 5.41. The highest BCUT2D eigenvalue weighted by Gasteiger charge is 2.38. The molecule has 2 aliphatic rings. The first-order valence-electron chi connectivity index (χ1n) is 13.9. The lowest BCUT2D eigenvalue weighted by atomic mass is 9.74. The number of hydrogen-bond acceptors (Lipinski definition) is 4. The Morgan fingerprint density at radius 3 is 2.39 bits per heavy atom. The molecule has 6 heteroatoms. The minimum Gasteiger partial charge on any atom is -0.282 e. The molecule has 4 aromatic rings. The van der Waals surface area contributed by atoms with E-state index in [2.05, 4.69) is 89.9 Å². The van der Waals surface area contributed by atoms with Crippen molar-refractivity contribution in [2.75, 3.05) is 4.90 Å². The summed E-state index contributed by atoms with van der Waals surface area (Å²) in [5.41, 5.74) is 7.45. The van der Waals surface area contributed by atoms with E-state index < -0.39 is 0 Å². The van der Waals surface area contributed by atoms with Crippen molar-refractivity contribution in [2.45, 2.75) is 39.0 Å². The number of anilines is 2. The summed E-state index contributed by atoms with van der Waals surface area (Å²) < 4.78 is 0. The molecule has 4 heterocycles. The van der Waals surface area contributed by atoms with Crippen LogP contribution >= 0.6 is 0 Å². The maximum atomic E-state index is 5.10. The number of benzene rings is 2. The molecule has 6 nitrogen and oxygen atoms in total. The topological polar surface area (TPSA) is 66.1 Å². The van der Waals surface area contributed by atoms with Gasteiger partial charge in [-0.2, -0.15) is 0 Å². The molecule has 0 saturated carbocycles. The van der Waals surface area contributed by atoms with Crippen molar-refractivity contribution in [3.8, 4) is 11.1 Å². The van der Waals surface area contributed by atoms with Gasteiger partial charge in [-0.25, -0.2) is 15.0 Å². The van der Waals surface area contributed by atoms with E-state index in [0.29, 0.717) is 17.2 Å². The summed E-state index contributed by atoms with van der Waals surface area (Å²) in [6.07, 6.45) is 9.35. The normalized spacial score (nSPS) is 16.1. The standard InChI is InChI=1S/C35H32N6/c1-24(30-16-8-10-20-36-30)39-33(31-17-9-11-21-37-31)40-25(2)41-32-19-18-27(26-13-6-5-7-14-26)23-29(32)35(3,4)28-15-12-22-38-34(28)41/h5-8,10,12-23H,1,9,11H2,2-4H3. The molecule has 6 rings (SSSR count). The van der Waals surface area contributed by atoms with Crippen molar-refractivity contribution in [3.63, 3.8) is 0 Å². The average molecular weight is 537 g/mol. The third-order valence-corrected chi connectivity index (χ3v) is 7.58. The summed E-state index contributed by atoms with van der Waals surface area (Å²) in [6, 6.07) is 27.0. The maximum absolute atomic E-state index is 5.10. The van der Waals surface area contributed by atoms with Gasteiger partial charge in [-0.3, -0.25) is 14.9 Å². The monoisotopic (exact) mass is 536 g/mol. The van der Waals surface area contributed by atoms with Gasteiger partial charge in [-0.1, -0.05) is 75.0 Å². The van der Waals surface area contributed by atoms with Crippen LogP contribution in [0.3, 0.4) is 0 Å². The number of fused-ring (bicyclic) bond motifs is 2. The van der Waals surface area contributed by atoms with Gasteiger partial charge in [0.1, 0.15) is 17.4 Å². The molecule has 0 N–H and O–H groups in total. The molecule has 0 aliphatic carbocycles. The van der Waals surface area contributed by atoms with E-state index in [0.717, 1.165) is 41.4 Å². The lowest BCUT2D eigenvalue weighted by Crippen LogP contribution is -2.36. The molecule has 2 aromatic heterocycles. The number of amidine groups is 2. The van der Waals surface area contributed by atoms with Crippen LogP contribution in [-0.4, -0.2) is 27.9 Å². The number of aromatic nitrogens is 2. The van der Waals surface area contributed by atoms with Gasteiger partial charge in [0.15, 0.2) is 5.84 Å². The van der Waals surface area contributed by atoms with Crippen molar-refractivity contribution in [1.82, 2.24) is 9.97 Å². The number of nitrogens with zero attached hydrogens (tertiary/aromatic N) is 6. The molecule has 2 aromatic carbocycles. The molecule has 41 heavy (non-hydrogen) atoms. The molecule has 0 saturated heterocycles. The summed E-state index contributed by atoms with van der Waals surface area (Å²) in [4.78, 5) is 26.0. The van der Waals surface area contributed by atoms with Crippen LogP contribution in [0.5, 0.6) is 0 Å². The van der Waals surface area contributed by atoms with Gasteiger partial charge < -0.3 is 0 Å². The van der Waals surface area contributed by atoms with Crippen molar-refractivity contribution >= 4 is 35.1 Å². The Bertz CT molecular complexity index is 1730. The molecule has 2 aliphatic heterocycles.